The molecule has 158 valence electrons. The van der Waals surface area contributed by atoms with E-state index >= 15 is 0 Å². The van der Waals surface area contributed by atoms with Gasteiger partial charge in [-0.25, -0.2) is 22.3 Å². The molecular formula is C20H27FN4O3S. The van der Waals surface area contributed by atoms with Crippen molar-refractivity contribution >= 4 is 10.0 Å². The van der Waals surface area contributed by atoms with Crippen molar-refractivity contribution < 1.29 is 12.8 Å². The Morgan fingerprint density at radius 1 is 1.10 bits per heavy atom. The summed E-state index contributed by atoms with van der Waals surface area (Å²) in [6.45, 7) is 2.28. The van der Waals surface area contributed by atoms with Crippen LogP contribution in [-0.4, -0.2) is 40.2 Å². The summed E-state index contributed by atoms with van der Waals surface area (Å²) in [7, 11) is -1.99. The van der Waals surface area contributed by atoms with Gasteiger partial charge in [0.1, 0.15) is 11.6 Å². The standard InChI is InChI=1S/C20H27FN4O3S/c1-14-13-17(7-8-18(14)21)29(27,28)24-11-9-15(10-12-24)19-22-23(2)20(26)25(19)16-5-3-4-6-16/h7-8,13,15-16H,3-6,9-12H2,1-2H3. The monoisotopic (exact) mass is 422 g/mol. The Bertz CT molecular complexity index is 1060. The van der Waals surface area contributed by atoms with E-state index in [-0.39, 0.29) is 22.5 Å². The molecule has 1 saturated heterocycles. The molecule has 1 aliphatic carbocycles. The minimum absolute atomic E-state index is 0.0610. The third-order valence-corrected chi connectivity index (χ3v) is 8.15. The smallest absolute Gasteiger partial charge is 0.276 e. The number of rotatable bonds is 4. The van der Waals surface area contributed by atoms with Crippen LogP contribution in [0.2, 0.25) is 0 Å². The van der Waals surface area contributed by atoms with Gasteiger partial charge in [0.15, 0.2) is 0 Å². The molecule has 4 rings (SSSR count). The van der Waals surface area contributed by atoms with Gasteiger partial charge >= 0.3 is 5.69 Å². The first-order valence-corrected chi connectivity index (χ1v) is 11.6. The fourth-order valence-corrected chi connectivity index (χ4v) is 6.12. The molecule has 7 nitrogen and oxygen atoms in total. The van der Waals surface area contributed by atoms with Crippen molar-refractivity contribution in [2.75, 3.05) is 13.1 Å². The van der Waals surface area contributed by atoms with E-state index in [0.29, 0.717) is 31.5 Å². The van der Waals surface area contributed by atoms with Crippen LogP contribution < -0.4 is 5.69 Å². The maximum atomic E-state index is 13.5. The number of aryl methyl sites for hydroxylation is 2. The molecule has 0 atom stereocenters. The number of nitrogens with zero attached hydrogens (tertiary/aromatic N) is 4. The highest BCUT2D eigenvalue weighted by atomic mass is 32.2. The van der Waals surface area contributed by atoms with Crippen LogP contribution >= 0.6 is 0 Å². The van der Waals surface area contributed by atoms with E-state index in [2.05, 4.69) is 5.10 Å². The van der Waals surface area contributed by atoms with Crippen molar-refractivity contribution in [3.63, 3.8) is 0 Å². The Morgan fingerprint density at radius 3 is 2.38 bits per heavy atom. The summed E-state index contributed by atoms with van der Waals surface area (Å²) in [5.74, 6) is 0.438. The van der Waals surface area contributed by atoms with Gasteiger partial charge in [0, 0.05) is 32.1 Å². The molecule has 0 unspecified atom stereocenters. The Kier molecular flexibility index (Phi) is 5.37. The largest absolute Gasteiger partial charge is 0.345 e. The molecule has 1 aromatic heterocycles. The van der Waals surface area contributed by atoms with Crippen LogP contribution in [0.25, 0.3) is 0 Å². The van der Waals surface area contributed by atoms with E-state index < -0.39 is 15.8 Å². The molecule has 0 spiro atoms. The lowest BCUT2D eigenvalue weighted by Gasteiger charge is -2.31. The molecule has 9 heteroatoms. The third kappa shape index (κ3) is 3.66. The molecule has 0 N–H and O–H groups in total. The van der Waals surface area contributed by atoms with Crippen LogP contribution in [0.3, 0.4) is 0 Å². The number of hydrogen-bond acceptors (Lipinski definition) is 4. The highest BCUT2D eigenvalue weighted by Crippen LogP contribution is 2.34. The van der Waals surface area contributed by atoms with Gasteiger partial charge in [-0.15, -0.1) is 0 Å². The predicted molar refractivity (Wildman–Crippen MR) is 107 cm³/mol. The van der Waals surface area contributed by atoms with Gasteiger partial charge in [0.2, 0.25) is 10.0 Å². The highest BCUT2D eigenvalue weighted by Gasteiger charge is 2.34. The van der Waals surface area contributed by atoms with E-state index in [1.54, 1.807) is 14.0 Å². The molecule has 0 amide bonds. The molecule has 1 saturated carbocycles. The molecule has 2 aliphatic rings. The topological polar surface area (TPSA) is 77.2 Å². The summed E-state index contributed by atoms with van der Waals surface area (Å²) in [5, 5.41) is 4.50. The minimum atomic E-state index is -3.66. The number of piperidine rings is 1. The van der Waals surface area contributed by atoms with E-state index in [4.69, 9.17) is 0 Å². The molecule has 2 aromatic rings. The van der Waals surface area contributed by atoms with Gasteiger partial charge in [-0.2, -0.15) is 9.40 Å². The Labute approximate surface area is 170 Å². The lowest BCUT2D eigenvalue weighted by molar-refractivity contribution is 0.304. The van der Waals surface area contributed by atoms with Crippen molar-refractivity contribution in [1.29, 1.82) is 0 Å². The third-order valence-electron chi connectivity index (χ3n) is 6.26. The van der Waals surface area contributed by atoms with Crippen molar-refractivity contribution in [3.05, 3.63) is 45.9 Å². The molecule has 29 heavy (non-hydrogen) atoms. The predicted octanol–water partition coefficient (Wildman–Crippen LogP) is 2.71. The zero-order chi connectivity index (χ0) is 20.8. The van der Waals surface area contributed by atoms with Gasteiger partial charge in [-0.3, -0.25) is 4.57 Å². The van der Waals surface area contributed by atoms with E-state index in [1.165, 1.54) is 27.2 Å². The van der Waals surface area contributed by atoms with E-state index in [0.717, 1.165) is 31.5 Å². The summed E-state index contributed by atoms with van der Waals surface area (Å²) in [4.78, 5) is 12.7. The lowest BCUT2D eigenvalue weighted by atomic mass is 9.97. The van der Waals surface area contributed by atoms with Crippen molar-refractivity contribution in [2.45, 2.75) is 62.3 Å². The van der Waals surface area contributed by atoms with Crippen molar-refractivity contribution in [2.24, 2.45) is 7.05 Å². The average molecular weight is 423 g/mol. The normalized spacial score (nSPS) is 19.8. The zero-order valence-electron chi connectivity index (χ0n) is 16.8. The summed E-state index contributed by atoms with van der Waals surface area (Å²) >= 11 is 0. The van der Waals surface area contributed by atoms with Crippen molar-refractivity contribution in [1.82, 2.24) is 18.7 Å². The first kappa shape index (κ1) is 20.3. The Hall–Kier alpha value is -2.00. The summed E-state index contributed by atoms with van der Waals surface area (Å²) < 4.78 is 44.1. The van der Waals surface area contributed by atoms with Gasteiger partial charge in [0.05, 0.1) is 4.90 Å². The first-order valence-electron chi connectivity index (χ1n) is 10.2. The zero-order valence-corrected chi connectivity index (χ0v) is 17.7. The average Bonchev–Trinajstić information content (AvgIpc) is 3.32. The quantitative estimate of drug-likeness (QED) is 0.759. The second-order valence-electron chi connectivity index (χ2n) is 8.16. The summed E-state index contributed by atoms with van der Waals surface area (Å²) in [6, 6.07) is 4.10. The molecule has 0 radical (unpaired) electrons. The summed E-state index contributed by atoms with van der Waals surface area (Å²) in [5.41, 5.74) is 0.235. The fraction of sp³-hybridized carbons (Fsp3) is 0.600. The lowest BCUT2D eigenvalue weighted by Crippen LogP contribution is -2.38. The van der Waals surface area contributed by atoms with Crippen LogP contribution in [0.4, 0.5) is 4.39 Å². The summed E-state index contributed by atoms with van der Waals surface area (Å²) in [6.07, 6.45) is 5.47. The number of sulfonamides is 1. The van der Waals surface area contributed by atoms with E-state index in [9.17, 15) is 17.6 Å². The number of aromatic nitrogens is 3. The molecular weight excluding hydrogens is 395 g/mol. The SMILES string of the molecule is Cc1cc(S(=O)(=O)N2CCC(c3nn(C)c(=O)n3C3CCCC3)CC2)ccc1F. The van der Waals surface area contributed by atoms with Crippen LogP contribution in [0.1, 0.15) is 61.9 Å². The molecule has 0 bridgehead atoms. The fourth-order valence-electron chi connectivity index (χ4n) is 4.56. The maximum absolute atomic E-state index is 13.5. The second-order valence-corrected chi connectivity index (χ2v) is 10.1. The highest BCUT2D eigenvalue weighted by molar-refractivity contribution is 7.89. The number of hydrogen-bond donors (Lipinski definition) is 0. The Morgan fingerprint density at radius 2 is 1.76 bits per heavy atom. The van der Waals surface area contributed by atoms with E-state index in [1.807, 2.05) is 4.57 Å². The van der Waals surface area contributed by atoms with Gasteiger partial charge in [-0.1, -0.05) is 12.8 Å². The van der Waals surface area contributed by atoms with Gasteiger partial charge in [0.25, 0.3) is 0 Å². The van der Waals surface area contributed by atoms with Crippen LogP contribution in [-0.2, 0) is 17.1 Å². The van der Waals surface area contributed by atoms with Gasteiger partial charge < -0.3 is 0 Å². The second kappa shape index (κ2) is 7.68. The maximum Gasteiger partial charge on any atom is 0.345 e. The van der Waals surface area contributed by atoms with Crippen LogP contribution in [0.15, 0.2) is 27.9 Å². The first-order chi connectivity index (χ1) is 13.8. The molecule has 2 fully saturated rings. The van der Waals surface area contributed by atoms with Crippen LogP contribution in [0, 0.1) is 12.7 Å². The molecule has 1 aromatic carbocycles. The molecule has 1 aliphatic heterocycles. The van der Waals surface area contributed by atoms with Crippen LogP contribution in [0.5, 0.6) is 0 Å². The number of halogens is 1. The van der Waals surface area contributed by atoms with Crippen molar-refractivity contribution in [3.8, 4) is 0 Å². The minimum Gasteiger partial charge on any atom is -0.276 e. The number of benzene rings is 1. The molecule has 2 heterocycles. The van der Waals surface area contributed by atoms with Gasteiger partial charge in [-0.05, 0) is 56.4 Å². The Balaban J connectivity index is 1.53.